The number of aryl methyl sites for hydroxylation is 2. The van der Waals surface area contributed by atoms with Crippen molar-refractivity contribution in [1.82, 2.24) is 19.8 Å². The van der Waals surface area contributed by atoms with Gasteiger partial charge in [-0.1, -0.05) is 30.3 Å². The summed E-state index contributed by atoms with van der Waals surface area (Å²) in [6, 6.07) is 17.6. The van der Waals surface area contributed by atoms with Gasteiger partial charge in [-0.3, -0.25) is 9.59 Å². The molecular formula is C26H32N4O3. The monoisotopic (exact) mass is 448 g/mol. The summed E-state index contributed by atoms with van der Waals surface area (Å²) >= 11 is 0. The maximum absolute atomic E-state index is 12.7. The Bertz CT molecular complexity index is 1080. The number of aromatic nitrogens is 2. The van der Waals surface area contributed by atoms with Crippen LogP contribution in [0.2, 0.25) is 0 Å². The molecule has 1 fully saturated rings. The van der Waals surface area contributed by atoms with E-state index in [2.05, 4.69) is 20.9 Å². The first kappa shape index (κ1) is 22.8. The van der Waals surface area contributed by atoms with Gasteiger partial charge in [0.15, 0.2) is 0 Å². The fraction of sp³-hybridized carbons (Fsp3) is 0.423. The van der Waals surface area contributed by atoms with Crippen molar-refractivity contribution in [3.05, 3.63) is 60.4 Å². The molecule has 1 saturated heterocycles. The van der Waals surface area contributed by atoms with E-state index in [-0.39, 0.29) is 17.7 Å². The van der Waals surface area contributed by atoms with Crippen molar-refractivity contribution >= 4 is 22.8 Å². The number of carbonyl (C=O) groups excluding carboxylic acids is 2. The first-order valence-corrected chi connectivity index (χ1v) is 11.8. The Morgan fingerprint density at radius 2 is 1.91 bits per heavy atom. The van der Waals surface area contributed by atoms with Gasteiger partial charge in [0.2, 0.25) is 11.8 Å². The van der Waals surface area contributed by atoms with Crippen LogP contribution in [-0.2, 0) is 16.1 Å². The minimum Gasteiger partial charge on any atom is -0.493 e. The summed E-state index contributed by atoms with van der Waals surface area (Å²) in [5.41, 5.74) is 2.12. The topological polar surface area (TPSA) is 76.5 Å². The molecule has 4 rings (SSSR count). The number of ether oxygens (including phenoxy) is 1. The van der Waals surface area contributed by atoms with Crippen molar-refractivity contribution in [3.8, 4) is 5.75 Å². The molecule has 1 aliphatic heterocycles. The van der Waals surface area contributed by atoms with E-state index in [1.54, 1.807) is 0 Å². The van der Waals surface area contributed by atoms with E-state index in [0.717, 1.165) is 48.4 Å². The summed E-state index contributed by atoms with van der Waals surface area (Å²) in [5, 5.41) is 3.07. The molecule has 1 aliphatic rings. The van der Waals surface area contributed by atoms with Crippen molar-refractivity contribution in [1.29, 1.82) is 0 Å². The molecule has 0 aliphatic carbocycles. The van der Waals surface area contributed by atoms with Gasteiger partial charge < -0.3 is 19.5 Å². The molecule has 2 aromatic carbocycles. The highest BCUT2D eigenvalue weighted by molar-refractivity contribution is 5.81. The summed E-state index contributed by atoms with van der Waals surface area (Å²) in [7, 11) is 0. The van der Waals surface area contributed by atoms with E-state index in [9.17, 15) is 9.59 Å². The first-order valence-electron chi connectivity index (χ1n) is 11.8. The normalized spacial score (nSPS) is 16.0. The van der Waals surface area contributed by atoms with Gasteiger partial charge >= 0.3 is 0 Å². The molecule has 0 spiro atoms. The average Bonchev–Trinajstić information content (AvgIpc) is 3.17. The van der Waals surface area contributed by atoms with E-state index in [4.69, 9.17) is 4.74 Å². The van der Waals surface area contributed by atoms with Gasteiger partial charge in [-0.15, -0.1) is 0 Å². The lowest BCUT2D eigenvalue weighted by atomic mass is 9.97. The Labute approximate surface area is 194 Å². The molecule has 174 valence electrons. The molecule has 33 heavy (non-hydrogen) atoms. The van der Waals surface area contributed by atoms with Gasteiger partial charge in [0.05, 0.1) is 30.0 Å². The molecule has 1 atom stereocenters. The standard InChI is InChI=1S/C26H32N4O3/c1-20-28-23-12-5-6-13-24(23)30(20)17-8-15-27-26(32)21-9-7-16-29(19-21)25(31)14-18-33-22-10-3-2-4-11-22/h2-6,10-13,21H,7-9,14-19H2,1H3,(H,27,32). The second-order valence-corrected chi connectivity index (χ2v) is 8.53. The molecule has 7 heteroatoms. The Hall–Kier alpha value is -3.35. The maximum atomic E-state index is 12.7. The second kappa shape index (κ2) is 11.0. The fourth-order valence-corrected chi connectivity index (χ4v) is 4.42. The van der Waals surface area contributed by atoms with Gasteiger partial charge in [-0.2, -0.15) is 0 Å². The lowest BCUT2D eigenvalue weighted by molar-refractivity contribution is -0.136. The van der Waals surface area contributed by atoms with Crippen LogP contribution in [-0.4, -0.2) is 52.5 Å². The molecule has 1 aromatic heterocycles. The number of carbonyl (C=O) groups is 2. The number of nitrogens with zero attached hydrogens (tertiary/aromatic N) is 3. The number of hydrogen-bond acceptors (Lipinski definition) is 4. The fourth-order valence-electron chi connectivity index (χ4n) is 4.42. The van der Waals surface area contributed by atoms with E-state index < -0.39 is 0 Å². The highest BCUT2D eigenvalue weighted by atomic mass is 16.5. The third-order valence-corrected chi connectivity index (χ3v) is 6.18. The molecule has 2 heterocycles. The minimum absolute atomic E-state index is 0.0419. The zero-order valence-corrected chi connectivity index (χ0v) is 19.2. The van der Waals surface area contributed by atoms with Crippen molar-refractivity contribution in [2.75, 3.05) is 26.2 Å². The third-order valence-electron chi connectivity index (χ3n) is 6.18. The number of fused-ring (bicyclic) bond motifs is 1. The largest absolute Gasteiger partial charge is 0.493 e. The number of rotatable bonds is 9. The Morgan fingerprint density at radius 1 is 1.12 bits per heavy atom. The van der Waals surface area contributed by atoms with Gasteiger partial charge in [-0.25, -0.2) is 4.98 Å². The molecule has 0 saturated carbocycles. The Balaban J connectivity index is 1.19. The highest BCUT2D eigenvalue weighted by Gasteiger charge is 2.28. The number of nitrogens with one attached hydrogen (secondary N) is 1. The third kappa shape index (κ3) is 5.92. The van der Waals surface area contributed by atoms with Crippen LogP contribution in [0.4, 0.5) is 0 Å². The summed E-state index contributed by atoms with van der Waals surface area (Å²) in [6.07, 6.45) is 2.82. The van der Waals surface area contributed by atoms with Gasteiger partial charge in [-0.05, 0) is 50.5 Å². The minimum atomic E-state index is -0.145. The van der Waals surface area contributed by atoms with E-state index in [0.29, 0.717) is 32.7 Å². The van der Waals surface area contributed by atoms with Crippen LogP contribution in [0.1, 0.15) is 31.5 Å². The summed E-state index contributed by atoms with van der Waals surface area (Å²) < 4.78 is 7.83. The SMILES string of the molecule is Cc1nc2ccccc2n1CCCNC(=O)C1CCCN(C(=O)CCOc2ccccc2)C1. The van der Waals surface area contributed by atoms with Crippen molar-refractivity contribution in [3.63, 3.8) is 0 Å². The average molecular weight is 449 g/mol. The van der Waals surface area contributed by atoms with Gasteiger partial charge in [0, 0.05) is 26.2 Å². The molecule has 1 unspecified atom stereocenters. The smallest absolute Gasteiger partial charge is 0.226 e. The van der Waals surface area contributed by atoms with Crippen molar-refractivity contribution < 1.29 is 14.3 Å². The lowest BCUT2D eigenvalue weighted by Crippen LogP contribution is -2.45. The first-order chi connectivity index (χ1) is 16.1. The molecular weight excluding hydrogens is 416 g/mol. The summed E-state index contributed by atoms with van der Waals surface area (Å²) in [5.74, 6) is 1.69. The van der Waals surface area contributed by atoms with E-state index in [1.165, 1.54) is 0 Å². The van der Waals surface area contributed by atoms with Gasteiger partial charge in [0.25, 0.3) is 0 Å². The zero-order valence-electron chi connectivity index (χ0n) is 19.2. The molecule has 1 N–H and O–H groups in total. The number of hydrogen-bond donors (Lipinski definition) is 1. The van der Waals surface area contributed by atoms with Crippen molar-refractivity contribution in [2.24, 2.45) is 5.92 Å². The lowest BCUT2D eigenvalue weighted by Gasteiger charge is -2.32. The summed E-state index contributed by atoms with van der Waals surface area (Å²) in [6.45, 7) is 4.97. The molecule has 0 bridgehead atoms. The van der Waals surface area contributed by atoms with Crippen molar-refractivity contribution in [2.45, 2.75) is 39.2 Å². The predicted octanol–water partition coefficient (Wildman–Crippen LogP) is 3.56. The predicted molar refractivity (Wildman–Crippen MR) is 128 cm³/mol. The van der Waals surface area contributed by atoms with Gasteiger partial charge in [0.1, 0.15) is 11.6 Å². The highest BCUT2D eigenvalue weighted by Crippen LogP contribution is 2.18. The van der Waals surface area contributed by atoms with E-state index in [1.807, 2.05) is 60.4 Å². The maximum Gasteiger partial charge on any atom is 0.226 e. The molecule has 3 aromatic rings. The number of likely N-dealkylation sites (tertiary alicyclic amines) is 1. The second-order valence-electron chi connectivity index (χ2n) is 8.53. The zero-order chi connectivity index (χ0) is 23.0. The van der Waals surface area contributed by atoms with Crippen LogP contribution in [0.5, 0.6) is 5.75 Å². The Kier molecular flexibility index (Phi) is 7.60. The van der Waals surface area contributed by atoms with Crippen LogP contribution in [0, 0.1) is 12.8 Å². The van der Waals surface area contributed by atoms with E-state index >= 15 is 0 Å². The summed E-state index contributed by atoms with van der Waals surface area (Å²) in [4.78, 5) is 31.7. The molecule has 7 nitrogen and oxygen atoms in total. The Morgan fingerprint density at radius 3 is 2.76 bits per heavy atom. The van der Waals surface area contributed by atoms with Crippen LogP contribution in [0.25, 0.3) is 11.0 Å². The number of amides is 2. The van der Waals surface area contributed by atoms with Crippen LogP contribution >= 0.6 is 0 Å². The van der Waals surface area contributed by atoms with Crippen LogP contribution < -0.4 is 10.1 Å². The number of para-hydroxylation sites is 3. The van der Waals surface area contributed by atoms with Crippen LogP contribution in [0.3, 0.4) is 0 Å². The number of imidazole rings is 1. The molecule has 2 amide bonds. The number of piperidine rings is 1. The quantitative estimate of drug-likeness (QED) is 0.508. The number of benzene rings is 2. The molecule has 0 radical (unpaired) electrons. The van der Waals surface area contributed by atoms with Crippen LogP contribution in [0.15, 0.2) is 54.6 Å².